The molecule has 1 N–H and O–H groups in total. The molecule has 0 fully saturated rings. The first-order valence-corrected chi connectivity index (χ1v) is 5.01. The zero-order valence-corrected chi connectivity index (χ0v) is 8.71. The largest absolute Gasteiger partial charge is 0.349 e. The van der Waals surface area contributed by atoms with Gasteiger partial charge in [0.1, 0.15) is 5.69 Å². The molecule has 1 amide bonds. The fourth-order valence-corrected chi connectivity index (χ4v) is 1.31. The molecule has 82 valence electrons. The van der Waals surface area contributed by atoms with E-state index in [0.717, 1.165) is 0 Å². The van der Waals surface area contributed by atoms with Crippen molar-refractivity contribution in [1.82, 2.24) is 19.9 Å². The molecule has 0 atom stereocenters. The zero-order valence-electron chi connectivity index (χ0n) is 8.71. The highest BCUT2D eigenvalue weighted by molar-refractivity contribution is 5.92. The van der Waals surface area contributed by atoms with Gasteiger partial charge in [-0.25, -0.2) is 4.98 Å². The van der Waals surface area contributed by atoms with Crippen LogP contribution in [-0.4, -0.2) is 27.0 Å². The van der Waals surface area contributed by atoms with Gasteiger partial charge in [0.15, 0.2) is 0 Å². The van der Waals surface area contributed by atoms with Crippen LogP contribution in [0.1, 0.15) is 10.5 Å². The average Bonchev–Trinajstić information content (AvgIpc) is 2.83. The van der Waals surface area contributed by atoms with E-state index in [4.69, 9.17) is 0 Å². The van der Waals surface area contributed by atoms with Gasteiger partial charge in [0.05, 0.1) is 6.33 Å². The third kappa shape index (κ3) is 2.66. The van der Waals surface area contributed by atoms with Crippen molar-refractivity contribution in [2.75, 3.05) is 6.54 Å². The number of imidazole rings is 1. The fraction of sp³-hybridized carbons (Fsp3) is 0.182. The lowest BCUT2D eigenvalue weighted by molar-refractivity contribution is 0.0947. The maximum Gasteiger partial charge on any atom is 0.269 e. The van der Waals surface area contributed by atoms with Crippen molar-refractivity contribution < 1.29 is 4.79 Å². The van der Waals surface area contributed by atoms with Gasteiger partial charge in [-0.05, 0) is 12.1 Å². The van der Waals surface area contributed by atoms with Crippen molar-refractivity contribution >= 4 is 5.91 Å². The maximum absolute atomic E-state index is 11.6. The van der Waals surface area contributed by atoms with Crippen LogP contribution in [0.3, 0.4) is 0 Å². The average molecular weight is 216 g/mol. The Hall–Kier alpha value is -2.17. The van der Waals surface area contributed by atoms with E-state index >= 15 is 0 Å². The third-order valence-electron chi connectivity index (χ3n) is 2.11. The molecule has 2 aromatic heterocycles. The minimum Gasteiger partial charge on any atom is -0.349 e. The minimum atomic E-state index is -0.152. The normalized spacial score (nSPS) is 10.0. The fourth-order valence-electron chi connectivity index (χ4n) is 1.31. The number of carbonyl (C=O) groups excluding carboxylic acids is 1. The number of rotatable bonds is 4. The van der Waals surface area contributed by atoms with Crippen LogP contribution >= 0.6 is 0 Å². The van der Waals surface area contributed by atoms with Crippen LogP contribution in [0.15, 0.2) is 43.1 Å². The van der Waals surface area contributed by atoms with Crippen LogP contribution in [-0.2, 0) is 6.54 Å². The molecule has 2 heterocycles. The van der Waals surface area contributed by atoms with Crippen molar-refractivity contribution in [1.29, 1.82) is 0 Å². The minimum absolute atomic E-state index is 0.152. The molecule has 5 heteroatoms. The van der Waals surface area contributed by atoms with Crippen molar-refractivity contribution in [3.63, 3.8) is 0 Å². The number of pyridine rings is 1. The van der Waals surface area contributed by atoms with Gasteiger partial charge in [-0.3, -0.25) is 9.78 Å². The summed E-state index contributed by atoms with van der Waals surface area (Å²) in [5, 5.41) is 2.79. The first-order valence-electron chi connectivity index (χ1n) is 5.01. The zero-order chi connectivity index (χ0) is 11.2. The van der Waals surface area contributed by atoms with Crippen LogP contribution in [0.5, 0.6) is 0 Å². The summed E-state index contributed by atoms with van der Waals surface area (Å²) in [7, 11) is 0. The highest BCUT2D eigenvalue weighted by Crippen LogP contribution is 1.92. The van der Waals surface area contributed by atoms with Gasteiger partial charge in [-0.1, -0.05) is 6.07 Å². The summed E-state index contributed by atoms with van der Waals surface area (Å²) < 4.78 is 1.90. The van der Waals surface area contributed by atoms with Crippen LogP contribution < -0.4 is 5.32 Å². The van der Waals surface area contributed by atoms with Gasteiger partial charge in [0.25, 0.3) is 5.91 Å². The first kappa shape index (κ1) is 10.4. The number of aromatic nitrogens is 3. The lowest BCUT2D eigenvalue weighted by Gasteiger charge is -2.04. The van der Waals surface area contributed by atoms with Crippen LogP contribution in [0.4, 0.5) is 0 Å². The van der Waals surface area contributed by atoms with Crippen molar-refractivity contribution in [3.05, 3.63) is 48.8 Å². The molecule has 0 aliphatic heterocycles. The monoisotopic (exact) mass is 216 g/mol. The van der Waals surface area contributed by atoms with E-state index in [9.17, 15) is 4.79 Å². The molecule has 5 nitrogen and oxygen atoms in total. The Kier molecular flexibility index (Phi) is 3.28. The van der Waals surface area contributed by atoms with Gasteiger partial charge >= 0.3 is 0 Å². The van der Waals surface area contributed by atoms with Crippen LogP contribution in [0.2, 0.25) is 0 Å². The van der Waals surface area contributed by atoms with Gasteiger partial charge in [0.2, 0.25) is 0 Å². The van der Waals surface area contributed by atoms with Crippen LogP contribution in [0, 0.1) is 0 Å². The molecular weight excluding hydrogens is 204 g/mol. The SMILES string of the molecule is O=C(NCCn1ccnc1)c1ccccn1. The van der Waals surface area contributed by atoms with E-state index in [1.807, 2.05) is 10.8 Å². The predicted octanol–water partition coefficient (Wildman–Crippen LogP) is 0.708. The van der Waals surface area contributed by atoms with Crippen molar-refractivity contribution in [2.45, 2.75) is 6.54 Å². The smallest absolute Gasteiger partial charge is 0.269 e. The number of nitrogens with one attached hydrogen (secondary N) is 1. The molecule has 16 heavy (non-hydrogen) atoms. The lowest BCUT2D eigenvalue weighted by atomic mass is 10.3. The van der Waals surface area contributed by atoms with Gasteiger partial charge in [-0.15, -0.1) is 0 Å². The van der Waals surface area contributed by atoms with Crippen molar-refractivity contribution in [3.8, 4) is 0 Å². The highest BCUT2D eigenvalue weighted by atomic mass is 16.1. The van der Waals surface area contributed by atoms with Gasteiger partial charge in [-0.2, -0.15) is 0 Å². The van der Waals surface area contributed by atoms with Crippen LogP contribution in [0.25, 0.3) is 0 Å². The topological polar surface area (TPSA) is 59.8 Å². The summed E-state index contributed by atoms with van der Waals surface area (Å²) in [5.41, 5.74) is 0.438. The molecule has 0 unspecified atom stereocenters. The van der Waals surface area contributed by atoms with Gasteiger partial charge < -0.3 is 9.88 Å². The van der Waals surface area contributed by atoms with E-state index in [-0.39, 0.29) is 5.91 Å². The molecule has 0 aliphatic rings. The summed E-state index contributed by atoms with van der Waals surface area (Å²) in [6.45, 7) is 1.27. The summed E-state index contributed by atoms with van der Waals surface area (Å²) in [5.74, 6) is -0.152. The Morgan fingerprint density at radius 1 is 1.38 bits per heavy atom. The Morgan fingerprint density at radius 3 is 3.00 bits per heavy atom. The second-order valence-electron chi connectivity index (χ2n) is 3.27. The Labute approximate surface area is 93.2 Å². The Balaban J connectivity index is 1.81. The maximum atomic E-state index is 11.6. The Bertz CT molecular complexity index is 438. The standard InChI is InChI=1S/C11H12N4O/c16-11(10-3-1-2-4-13-10)14-6-8-15-7-5-12-9-15/h1-5,7,9H,6,8H2,(H,14,16). The van der Waals surface area contributed by atoms with E-state index < -0.39 is 0 Å². The molecule has 0 bridgehead atoms. The third-order valence-corrected chi connectivity index (χ3v) is 2.11. The molecular formula is C11H12N4O. The van der Waals surface area contributed by atoms with Crippen molar-refractivity contribution in [2.24, 2.45) is 0 Å². The molecule has 2 rings (SSSR count). The molecule has 0 aliphatic carbocycles. The van der Waals surface area contributed by atoms with E-state index in [0.29, 0.717) is 18.8 Å². The highest BCUT2D eigenvalue weighted by Gasteiger charge is 2.04. The Morgan fingerprint density at radius 2 is 2.31 bits per heavy atom. The predicted molar refractivity (Wildman–Crippen MR) is 58.8 cm³/mol. The van der Waals surface area contributed by atoms with E-state index in [1.165, 1.54) is 0 Å². The number of amides is 1. The molecule has 0 saturated carbocycles. The summed E-state index contributed by atoms with van der Waals surface area (Å²) in [6, 6.07) is 5.26. The first-order chi connectivity index (χ1) is 7.86. The number of hydrogen-bond acceptors (Lipinski definition) is 3. The van der Waals surface area contributed by atoms with E-state index in [2.05, 4.69) is 15.3 Å². The lowest BCUT2D eigenvalue weighted by Crippen LogP contribution is -2.27. The molecule has 2 aromatic rings. The second kappa shape index (κ2) is 5.06. The summed E-state index contributed by atoms with van der Waals surface area (Å²) in [6.07, 6.45) is 6.88. The summed E-state index contributed by atoms with van der Waals surface area (Å²) in [4.78, 5) is 19.5. The molecule has 0 aromatic carbocycles. The quantitative estimate of drug-likeness (QED) is 0.818. The number of hydrogen-bond donors (Lipinski definition) is 1. The van der Waals surface area contributed by atoms with Gasteiger partial charge in [0, 0.05) is 31.7 Å². The molecule has 0 spiro atoms. The second-order valence-corrected chi connectivity index (χ2v) is 3.27. The molecule has 0 radical (unpaired) electrons. The summed E-state index contributed by atoms with van der Waals surface area (Å²) >= 11 is 0. The number of carbonyl (C=O) groups is 1. The number of nitrogens with zero attached hydrogens (tertiary/aromatic N) is 3. The van der Waals surface area contributed by atoms with E-state index in [1.54, 1.807) is 36.9 Å². The molecule has 0 saturated heterocycles.